The summed E-state index contributed by atoms with van der Waals surface area (Å²) in [6.07, 6.45) is -3.16. The van der Waals surface area contributed by atoms with Crippen molar-refractivity contribution in [3.8, 4) is 5.75 Å². The number of methoxy groups -OCH3 is 1. The van der Waals surface area contributed by atoms with E-state index in [2.05, 4.69) is 5.32 Å². The van der Waals surface area contributed by atoms with Gasteiger partial charge in [0.15, 0.2) is 11.6 Å². The molecule has 1 heterocycles. The highest BCUT2D eigenvalue weighted by Gasteiger charge is 2.42. The van der Waals surface area contributed by atoms with E-state index < -0.39 is 24.1 Å². The van der Waals surface area contributed by atoms with Crippen molar-refractivity contribution in [1.29, 1.82) is 0 Å². The molecule has 2 unspecified atom stereocenters. The van der Waals surface area contributed by atoms with Gasteiger partial charge in [-0.1, -0.05) is 6.07 Å². The van der Waals surface area contributed by atoms with E-state index in [1.807, 2.05) is 0 Å². The molecule has 0 aromatic heterocycles. The molecule has 1 aliphatic rings. The maximum Gasteiger partial charge on any atom is 0.403 e. The minimum atomic E-state index is -4.26. The van der Waals surface area contributed by atoms with Crippen molar-refractivity contribution in [2.45, 2.75) is 37.5 Å². The Labute approximate surface area is 108 Å². The number of halogens is 4. The second kappa shape index (κ2) is 5.36. The molecular formula is C13H15F4NO. The molecule has 2 atom stereocenters. The summed E-state index contributed by atoms with van der Waals surface area (Å²) in [5.74, 6) is -0.470. The first-order chi connectivity index (χ1) is 8.91. The molecule has 0 bridgehead atoms. The Balaban J connectivity index is 2.15. The number of rotatable bonds is 2. The Bertz CT molecular complexity index is 447. The molecule has 1 aliphatic heterocycles. The Morgan fingerprint density at radius 2 is 2.00 bits per heavy atom. The van der Waals surface area contributed by atoms with Crippen molar-refractivity contribution in [2.24, 2.45) is 0 Å². The molecule has 1 aromatic rings. The van der Waals surface area contributed by atoms with E-state index in [0.717, 1.165) is 0 Å². The summed E-state index contributed by atoms with van der Waals surface area (Å²) >= 11 is 0. The topological polar surface area (TPSA) is 21.3 Å². The van der Waals surface area contributed by atoms with Crippen LogP contribution in [-0.2, 0) is 0 Å². The van der Waals surface area contributed by atoms with Gasteiger partial charge in [-0.25, -0.2) is 4.39 Å². The van der Waals surface area contributed by atoms with E-state index in [0.29, 0.717) is 18.4 Å². The maximum atomic E-state index is 13.6. The average Bonchev–Trinajstić information content (AvgIpc) is 2.38. The molecule has 1 saturated heterocycles. The predicted molar refractivity (Wildman–Crippen MR) is 62.5 cm³/mol. The summed E-state index contributed by atoms with van der Waals surface area (Å²) in [6, 6.07) is 2.27. The van der Waals surface area contributed by atoms with Crippen molar-refractivity contribution in [3.05, 3.63) is 29.6 Å². The number of alkyl halides is 3. The van der Waals surface area contributed by atoms with Crippen molar-refractivity contribution in [3.63, 3.8) is 0 Å². The monoisotopic (exact) mass is 277 g/mol. The number of ether oxygens (including phenoxy) is 1. The summed E-state index contributed by atoms with van der Waals surface area (Å²) in [5, 5.41) is 2.54. The van der Waals surface area contributed by atoms with Crippen molar-refractivity contribution in [1.82, 2.24) is 5.32 Å². The minimum absolute atomic E-state index is 0.0681. The fourth-order valence-electron chi connectivity index (χ4n) is 2.36. The van der Waals surface area contributed by atoms with Crippen LogP contribution in [-0.4, -0.2) is 19.3 Å². The van der Waals surface area contributed by atoms with Crippen molar-refractivity contribution < 1.29 is 22.3 Å². The van der Waals surface area contributed by atoms with Gasteiger partial charge in [-0.3, -0.25) is 5.32 Å². The normalized spacial score (nSPS) is 24.3. The second-order valence-electron chi connectivity index (χ2n) is 4.64. The van der Waals surface area contributed by atoms with E-state index in [1.54, 1.807) is 6.07 Å². The number of hydrogen-bond acceptors (Lipinski definition) is 2. The van der Waals surface area contributed by atoms with E-state index in [-0.39, 0.29) is 12.2 Å². The molecule has 0 saturated carbocycles. The van der Waals surface area contributed by atoms with Crippen LogP contribution in [0.25, 0.3) is 0 Å². The van der Waals surface area contributed by atoms with Crippen LogP contribution in [0.1, 0.15) is 30.9 Å². The molecule has 0 amide bonds. The van der Waals surface area contributed by atoms with Gasteiger partial charge in [0.1, 0.15) is 6.04 Å². The van der Waals surface area contributed by atoms with E-state index in [1.165, 1.54) is 19.2 Å². The molecule has 106 valence electrons. The number of piperidine rings is 1. The second-order valence-corrected chi connectivity index (χ2v) is 4.64. The first-order valence-electron chi connectivity index (χ1n) is 6.08. The molecule has 2 rings (SSSR count). The summed E-state index contributed by atoms with van der Waals surface area (Å²) in [5.41, 5.74) is 0.521. The average molecular weight is 277 g/mol. The third-order valence-electron chi connectivity index (χ3n) is 3.36. The van der Waals surface area contributed by atoms with Crippen LogP contribution in [0.2, 0.25) is 0 Å². The Morgan fingerprint density at radius 3 is 2.58 bits per heavy atom. The quantitative estimate of drug-likeness (QED) is 0.834. The van der Waals surface area contributed by atoms with E-state index in [4.69, 9.17) is 4.74 Å². The molecular weight excluding hydrogens is 262 g/mol. The molecule has 1 aromatic carbocycles. The fourth-order valence-corrected chi connectivity index (χ4v) is 2.36. The number of nitrogens with one attached hydrogen (secondary N) is 1. The first-order valence-corrected chi connectivity index (χ1v) is 6.08. The molecule has 1 N–H and O–H groups in total. The van der Waals surface area contributed by atoms with Gasteiger partial charge >= 0.3 is 6.18 Å². The van der Waals surface area contributed by atoms with Gasteiger partial charge in [0.25, 0.3) is 0 Å². The van der Waals surface area contributed by atoms with Gasteiger partial charge in [-0.15, -0.1) is 0 Å². The van der Waals surface area contributed by atoms with Crippen molar-refractivity contribution >= 4 is 0 Å². The zero-order chi connectivity index (χ0) is 14.0. The molecule has 0 radical (unpaired) electrons. The van der Waals surface area contributed by atoms with Crippen LogP contribution in [0.5, 0.6) is 5.75 Å². The standard InChI is InChI=1S/C13H15F4NO/c1-19-11-6-5-8(7-9(11)14)10-3-2-4-12(18-10)13(15,16)17/h5-7,10,12,18H,2-4H2,1H3. The lowest BCUT2D eigenvalue weighted by Gasteiger charge is -2.32. The van der Waals surface area contributed by atoms with Crippen LogP contribution in [0.3, 0.4) is 0 Å². The van der Waals surface area contributed by atoms with Gasteiger partial charge in [0, 0.05) is 6.04 Å². The third kappa shape index (κ3) is 3.18. The lowest BCUT2D eigenvalue weighted by molar-refractivity contribution is -0.163. The zero-order valence-corrected chi connectivity index (χ0v) is 10.4. The SMILES string of the molecule is COc1ccc(C2CCCC(C(F)(F)F)N2)cc1F. The van der Waals surface area contributed by atoms with E-state index in [9.17, 15) is 17.6 Å². The highest BCUT2D eigenvalue weighted by Crippen LogP contribution is 2.34. The number of hydrogen-bond donors (Lipinski definition) is 1. The Kier molecular flexibility index (Phi) is 3.99. The number of benzene rings is 1. The molecule has 1 fully saturated rings. The molecule has 0 spiro atoms. The minimum Gasteiger partial charge on any atom is -0.494 e. The Hall–Kier alpha value is -1.30. The zero-order valence-electron chi connectivity index (χ0n) is 10.4. The lowest BCUT2D eigenvalue weighted by Crippen LogP contribution is -2.46. The molecule has 19 heavy (non-hydrogen) atoms. The van der Waals surface area contributed by atoms with E-state index >= 15 is 0 Å². The van der Waals surface area contributed by atoms with Gasteiger partial charge in [-0.05, 0) is 37.0 Å². The highest BCUT2D eigenvalue weighted by molar-refractivity contribution is 5.31. The largest absolute Gasteiger partial charge is 0.494 e. The lowest BCUT2D eigenvalue weighted by atomic mass is 9.93. The van der Waals surface area contributed by atoms with Crippen LogP contribution in [0.15, 0.2) is 18.2 Å². The summed E-state index contributed by atoms with van der Waals surface area (Å²) in [6.45, 7) is 0. The smallest absolute Gasteiger partial charge is 0.403 e. The van der Waals surface area contributed by atoms with Crippen LogP contribution >= 0.6 is 0 Å². The highest BCUT2D eigenvalue weighted by atomic mass is 19.4. The van der Waals surface area contributed by atoms with Gasteiger partial charge in [0.05, 0.1) is 7.11 Å². The third-order valence-corrected chi connectivity index (χ3v) is 3.36. The van der Waals surface area contributed by atoms with Gasteiger partial charge in [0.2, 0.25) is 0 Å². The van der Waals surface area contributed by atoms with Crippen LogP contribution in [0, 0.1) is 5.82 Å². The van der Waals surface area contributed by atoms with Gasteiger partial charge in [-0.2, -0.15) is 13.2 Å². The molecule has 0 aliphatic carbocycles. The predicted octanol–water partition coefficient (Wildman–Crippen LogP) is 3.58. The summed E-state index contributed by atoms with van der Waals surface area (Å²) in [4.78, 5) is 0. The molecule has 2 nitrogen and oxygen atoms in total. The van der Waals surface area contributed by atoms with Gasteiger partial charge < -0.3 is 4.74 Å². The summed E-state index contributed by atoms with van der Waals surface area (Å²) < 4.78 is 56.4. The van der Waals surface area contributed by atoms with Crippen LogP contribution in [0.4, 0.5) is 17.6 Å². The van der Waals surface area contributed by atoms with Crippen molar-refractivity contribution in [2.75, 3.05) is 7.11 Å². The fraction of sp³-hybridized carbons (Fsp3) is 0.538. The first kappa shape index (κ1) is 14.1. The summed E-state index contributed by atoms with van der Waals surface area (Å²) in [7, 11) is 1.34. The molecule has 6 heteroatoms. The Morgan fingerprint density at radius 1 is 1.26 bits per heavy atom. The maximum absolute atomic E-state index is 13.6. The van der Waals surface area contributed by atoms with Crippen LogP contribution < -0.4 is 10.1 Å².